The van der Waals surface area contributed by atoms with Gasteiger partial charge in [0.1, 0.15) is 5.82 Å². The highest BCUT2D eigenvalue weighted by molar-refractivity contribution is 5.29. The summed E-state index contributed by atoms with van der Waals surface area (Å²) in [5, 5.41) is 0. The number of hydrogen-bond acceptors (Lipinski definition) is 1. The Morgan fingerprint density at radius 2 is 1.78 bits per heavy atom. The largest absolute Gasteiger partial charge is 0.324 e. The molecule has 102 valence electrons. The molecule has 2 N–H and O–H groups in total. The average Bonchev–Trinajstić information content (AvgIpc) is 2.36. The smallest absolute Gasteiger partial charge is 0.123 e. The zero-order chi connectivity index (χ0) is 13.4. The first-order valence-electron chi connectivity index (χ1n) is 7.16. The van der Waals surface area contributed by atoms with E-state index in [9.17, 15) is 4.39 Å². The van der Waals surface area contributed by atoms with E-state index in [4.69, 9.17) is 5.73 Å². The van der Waals surface area contributed by atoms with Gasteiger partial charge in [0.25, 0.3) is 0 Å². The second kappa shape index (κ2) is 8.25. The molecule has 0 aliphatic rings. The van der Waals surface area contributed by atoms with Crippen LogP contribution in [0.3, 0.4) is 0 Å². The molecule has 0 bridgehead atoms. The summed E-state index contributed by atoms with van der Waals surface area (Å²) in [4.78, 5) is 0. The molecule has 18 heavy (non-hydrogen) atoms. The highest BCUT2D eigenvalue weighted by Crippen LogP contribution is 2.22. The number of hydrogen-bond donors (Lipinski definition) is 1. The minimum Gasteiger partial charge on any atom is -0.324 e. The fourth-order valence-corrected chi connectivity index (χ4v) is 2.31. The Hall–Kier alpha value is -0.890. The zero-order valence-electron chi connectivity index (χ0n) is 11.7. The van der Waals surface area contributed by atoms with Gasteiger partial charge in [-0.25, -0.2) is 4.39 Å². The summed E-state index contributed by atoms with van der Waals surface area (Å²) in [5.41, 5.74) is 8.19. The van der Waals surface area contributed by atoms with Gasteiger partial charge in [0, 0.05) is 6.04 Å². The maximum atomic E-state index is 13.2. The molecule has 0 amide bonds. The van der Waals surface area contributed by atoms with Crippen LogP contribution in [0.4, 0.5) is 4.39 Å². The van der Waals surface area contributed by atoms with E-state index in [1.165, 1.54) is 38.2 Å². The first kappa shape index (κ1) is 15.2. The molecule has 2 heteroatoms. The van der Waals surface area contributed by atoms with E-state index in [2.05, 4.69) is 6.92 Å². The van der Waals surface area contributed by atoms with Gasteiger partial charge in [-0.3, -0.25) is 0 Å². The first-order chi connectivity index (χ1) is 8.65. The van der Waals surface area contributed by atoms with Gasteiger partial charge in [-0.05, 0) is 36.6 Å². The highest BCUT2D eigenvalue weighted by Gasteiger charge is 2.09. The summed E-state index contributed by atoms with van der Waals surface area (Å²) in [7, 11) is 0. The van der Waals surface area contributed by atoms with Crippen molar-refractivity contribution in [3.05, 3.63) is 35.1 Å². The van der Waals surface area contributed by atoms with Crippen molar-refractivity contribution in [2.75, 3.05) is 0 Å². The SMILES string of the molecule is CCCCCCCCC(N)c1cc(F)ccc1C. The third kappa shape index (κ3) is 5.18. The van der Waals surface area contributed by atoms with E-state index in [0.717, 1.165) is 24.0 Å². The number of benzene rings is 1. The van der Waals surface area contributed by atoms with Gasteiger partial charge in [0.15, 0.2) is 0 Å². The van der Waals surface area contributed by atoms with Crippen molar-refractivity contribution in [1.82, 2.24) is 0 Å². The van der Waals surface area contributed by atoms with Gasteiger partial charge in [-0.1, -0.05) is 51.5 Å². The molecule has 0 aliphatic carbocycles. The summed E-state index contributed by atoms with van der Waals surface area (Å²) in [6.45, 7) is 4.22. The number of aryl methyl sites for hydroxylation is 1. The predicted octanol–water partition coefficient (Wildman–Crippen LogP) is 4.88. The van der Waals surface area contributed by atoms with Gasteiger partial charge in [-0.15, -0.1) is 0 Å². The van der Waals surface area contributed by atoms with E-state index in [1.54, 1.807) is 6.07 Å². The van der Waals surface area contributed by atoms with Crippen molar-refractivity contribution in [1.29, 1.82) is 0 Å². The van der Waals surface area contributed by atoms with E-state index in [1.807, 2.05) is 13.0 Å². The molecule has 0 spiro atoms. The molecular weight excluding hydrogens is 225 g/mol. The van der Waals surface area contributed by atoms with Crippen molar-refractivity contribution in [3.8, 4) is 0 Å². The second-order valence-corrected chi connectivity index (χ2v) is 5.16. The Morgan fingerprint density at radius 3 is 2.50 bits per heavy atom. The summed E-state index contributed by atoms with van der Waals surface area (Å²) in [6, 6.07) is 4.87. The Labute approximate surface area is 111 Å². The minimum absolute atomic E-state index is 0.0214. The quantitative estimate of drug-likeness (QED) is 0.654. The molecule has 0 aromatic heterocycles. The van der Waals surface area contributed by atoms with Crippen LogP contribution >= 0.6 is 0 Å². The van der Waals surface area contributed by atoms with Gasteiger partial charge in [-0.2, -0.15) is 0 Å². The number of unbranched alkanes of at least 4 members (excludes halogenated alkanes) is 5. The lowest BCUT2D eigenvalue weighted by atomic mass is 9.97. The van der Waals surface area contributed by atoms with Crippen LogP contribution in [0.15, 0.2) is 18.2 Å². The van der Waals surface area contributed by atoms with Crippen LogP contribution in [0, 0.1) is 12.7 Å². The van der Waals surface area contributed by atoms with E-state index < -0.39 is 0 Å². The van der Waals surface area contributed by atoms with Gasteiger partial charge in [0.05, 0.1) is 0 Å². The molecule has 1 aromatic rings. The average molecular weight is 251 g/mol. The molecule has 0 saturated heterocycles. The molecule has 0 fully saturated rings. The molecule has 1 nitrogen and oxygen atoms in total. The fourth-order valence-electron chi connectivity index (χ4n) is 2.31. The Bertz CT molecular complexity index is 349. The molecule has 0 aliphatic heterocycles. The Kier molecular flexibility index (Phi) is 6.96. The summed E-state index contributed by atoms with van der Waals surface area (Å²) < 4.78 is 13.2. The Balaban J connectivity index is 2.31. The van der Waals surface area contributed by atoms with Crippen LogP contribution in [-0.2, 0) is 0 Å². The van der Waals surface area contributed by atoms with Crippen LogP contribution in [0.5, 0.6) is 0 Å². The van der Waals surface area contributed by atoms with Crippen molar-refractivity contribution >= 4 is 0 Å². The number of rotatable bonds is 8. The molecular formula is C16H26FN. The van der Waals surface area contributed by atoms with Gasteiger partial charge >= 0.3 is 0 Å². The van der Waals surface area contributed by atoms with Crippen molar-refractivity contribution in [2.24, 2.45) is 5.73 Å². The lowest BCUT2D eigenvalue weighted by Gasteiger charge is -2.14. The monoisotopic (exact) mass is 251 g/mol. The fraction of sp³-hybridized carbons (Fsp3) is 0.625. The highest BCUT2D eigenvalue weighted by atomic mass is 19.1. The number of halogens is 1. The molecule has 1 atom stereocenters. The molecule has 1 aromatic carbocycles. The van der Waals surface area contributed by atoms with Gasteiger partial charge in [0.2, 0.25) is 0 Å². The summed E-state index contributed by atoms with van der Waals surface area (Å²) in [5.74, 6) is -0.186. The second-order valence-electron chi connectivity index (χ2n) is 5.16. The van der Waals surface area contributed by atoms with Crippen molar-refractivity contribution < 1.29 is 4.39 Å². The third-order valence-electron chi connectivity index (χ3n) is 3.51. The van der Waals surface area contributed by atoms with Crippen molar-refractivity contribution in [2.45, 2.75) is 64.8 Å². The Morgan fingerprint density at radius 1 is 1.11 bits per heavy atom. The van der Waals surface area contributed by atoms with Crippen LogP contribution < -0.4 is 5.73 Å². The first-order valence-corrected chi connectivity index (χ1v) is 7.16. The van der Waals surface area contributed by atoms with E-state index in [0.29, 0.717) is 0 Å². The molecule has 1 rings (SSSR count). The number of nitrogens with two attached hydrogens (primary N) is 1. The molecule has 1 unspecified atom stereocenters. The summed E-state index contributed by atoms with van der Waals surface area (Å²) >= 11 is 0. The van der Waals surface area contributed by atoms with Crippen molar-refractivity contribution in [3.63, 3.8) is 0 Å². The maximum Gasteiger partial charge on any atom is 0.123 e. The maximum absolute atomic E-state index is 13.2. The van der Waals surface area contributed by atoms with Crippen LogP contribution in [0.2, 0.25) is 0 Å². The van der Waals surface area contributed by atoms with E-state index >= 15 is 0 Å². The molecule has 0 heterocycles. The minimum atomic E-state index is -0.186. The summed E-state index contributed by atoms with van der Waals surface area (Å²) in [6.07, 6.45) is 8.56. The standard InChI is InChI=1S/C16H26FN/c1-3-4-5-6-7-8-9-16(18)15-12-14(17)11-10-13(15)2/h10-12,16H,3-9,18H2,1-2H3. The predicted molar refractivity (Wildman–Crippen MR) is 76.1 cm³/mol. The van der Waals surface area contributed by atoms with E-state index in [-0.39, 0.29) is 11.9 Å². The van der Waals surface area contributed by atoms with Crippen LogP contribution in [-0.4, -0.2) is 0 Å². The lowest BCUT2D eigenvalue weighted by molar-refractivity contribution is 0.542. The molecule has 0 radical (unpaired) electrons. The van der Waals surface area contributed by atoms with Crippen LogP contribution in [0.25, 0.3) is 0 Å². The topological polar surface area (TPSA) is 26.0 Å². The van der Waals surface area contributed by atoms with Gasteiger partial charge < -0.3 is 5.73 Å². The zero-order valence-corrected chi connectivity index (χ0v) is 11.7. The third-order valence-corrected chi connectivity index (χ3v) is 3.51. The normalized spacial score (nSPS) is 12.7. The van der Waals surface area contributed by atoms with Crippen LogP contribution in [0.1, 0.15) is 69.0 Å². The molecule has 0 saturated carbocycles. The lowest BCUT2D eigenvalue weighted by Crippen LogP contribution is -2.12.